The molecule has 82 valence electrons. The van der Waals surface area contributed by atoms with E-state index in [2.05, 4.69) is 13.8 Å². The number of carbonyl (C=O) groups excluding carboxylic acids is 1. The molecule has 3 atom stereocenters. The van der Waals surface area contributed by atoms with E-state index in [9.17, 15) is 4.79 Å². The second-order valence-corrected chi connectivity index (χ2v) is 4.78. The van der Waals surface area contributed by atoms with Crippen LogP contribution in [0.4, 0.5) is 0 Å². The summed E-state index contributed by atoms with van der Waals surface area (Å²) in [6, 6.07) is 0.720. The Morgan fingerprint density at radius 2 is 1.93 bits per heavy atom. The maximum atomic E-state index is 11.9. The Kier molecular flexibility index (Phi) is 4.24. The third kappa shape index (κ3) is 2.41. The number of likely N-dealkylation sites (tertiary alicyclic amines) is 1. The van der Waals surface area contributed by atoms with Gasteiger partial charge in [-0.25, -0.2) is 0 Å². The molecule has 0 radical (unpaired) electrons. The Morgan fingerprint density at radius 3 is 2.36 bits per heavy atom. The number of carbonyl (C=O) groups is 1. The van der Waals surface area contributed by atoms with Crippen molar-refractivity contribution < 1.29 is 4.79 Å². The van der Waals surface area contributed by atoms with Gasteiger partial charge in [-0.05, 0) is 39.5 Å². The number of alkyl halides is 1. The molecule has 0 aliphatic carbocycles. The first kappa shape index (κ1) is 11.8. The van der Waals surface area contributed by atoms with Gasteiger partial charge in [0.15, 0.2) is 0 Å². The van der Waals surface area contributed by atoms with Crippen molar-refractivity contribution in [3.05, 3.63) is 0 Å². The number of nitrogens with zero attached hydrogens (tertiary/aromatic N) is 1. The van der Waals surface area contributed by atoms with Gasteiger partial charge in [-0.15, -0.1) is 11.6 Å². The van der Waals surface area contributed by atoms with Crippen molar-refractivity contribution in [3.63, 3.8) is 0 Å². The zero-order chi connectivity index (χ0) is 10.7. The van der Waals surface area contributed by atoms with Crippen LogP contribution >= 0.6 is 11.6 Å². The summed E-state index contributed by atoms with van der Waals surface area (Å²) in [4.78, 5) is 13.9. The predicted octanol–water partition coefficient (Wildman–Crippen LogP) is 2.79. The molecule has 1 amide bonds. The summed E-state index contributed by atoms with van der Waals surface area (Å²) in [5, 5.41) is -0.335. The number of halogens is 1. The molecule has 3 heteroatoms. The first-order chi connectivity index (χ1) is 6.57. The minimum absolute atomic E-state index is 0.119. The molecular formula is C11H20ClNO. The van der Waals surface area contributed by atoms with Gasteiger partial charge in [0.1, 0.15) is 5.38 Å². The summed E-state index contributed by atoms with van der Waals surface area (Å²) in [5.41, 5.74) is 0. The molecule has 1 aliphatic rings. The molecule has 0 spiro atoms. The first-order valence-corrected chi connectivity index (χ1v) is 5.97. The fourth-order valence-corrected chi connectivity index (χ4v) is 2.30. The summed E-state index contributed by atoms with van der Waals surface area (Å²) < 4.78 is 0. The molecule has 0 aromatic rings. The quantitative estimate of drug-likeness (QED) is 0.652. The second kappa shape index (κ2) is 5.01. The van der Waals surface area contributed by atoms with Crippen LogP contribution in [-0.2, 0) is 4.79 Å². The maximum absolute atomic E-state index is 11.9. The number of piperidine rings is 1. The molecule has 1 fully saturated rings. The molecule has 2 nitrogen and oxygen atoms in total. The lowest BCUT2D eigenvalue weighted by molar-refractivity contribution is -0.136. The fraction of sp³-hybridized carbons (Fsp3) is 0.909. The normalized spacial score (nSPS) is 30.1. The molecule has 14 heavy (non-hydrogen) atoms. The molecule has 1 rings (SSSR count). The lowest BCUT2D eigenvalue weighted by atomic mass is 9.97. The van der Waals surface area contributed by atoms with Crippen LogP contribution < -0.4 is 0 Å². The Bertz CT molecular complexity index is 197. The highest BCUT2D eigenvalue weighted by Crippen LogP contribution is 2.24. The van der Waals surface area contributed by atoms with E-state index >= 15 is 0 Å². The van der Waals surface area contributed by atoms with E-state index in [4.69, 9.17) is 11.6 Å². The second-order valence-electron chi connectivity index (χ2n) is 4.25. The van der Waals surface area contributed by atoms with Crippen LogP contribution in [-0.4, -0.2) is 28.3 Å². The van der Waals surface area contributed by atoms with Gasteiger partial charge < -0.3 is 4.90 Å². The average molecular weight is 218 g/mol. The van der Waals surface area contributed by atoms with Crippen LogP contribution in [0.2, 0.25) is 0 Å². The van der Waals surface area contributed by atoms with Crippen molar-refractivity contribution in [1.29, 1.82) is 0 Å². The maximum Gasteiger partial charge on any atom is 0.241 e. The Balaban J connectivity index is 2.67. The van der Waals surface area contributed by atoms with Crippen LogP contribution in [0.25, 0.3) is 0 Å². The largest absolute Gasteiger partial charge is 0.336 e. The van der Waals surface area contributed by atoms with Gasteiger partial charge in [-0.3, -0.25) is 4.79 Å². The highest BCUT2D eigenvalue weighted by atomic mass is 35.5. The fourth-order valence-electron chi connectivity index (χ4n) is 2.19. The van der Waals surface area contributed by atoms with Gasteiger partial charge in [-0.2, -0.15) is 0 Å². The Hall–Kier alpha value is -0.240. The molecule has 1 saturated heterocycles. The Labute approximate surface area is 91.6 Å². The number of rotatable bonds is 2. The molecule has 0 bridgehead atoms. The highest BCUT2D eigenvalue weighted by molar-refractivity contribution is 6.30. The van der Waals surface area contributed by atoms with E-state index < -0.39 is 0 Å². The van der Waals surface area contributed by atoms with Crippen LogP contribution in [0.1, 0.15) is 46.5 Å². The molecule has 0 N–H and O–H groups in total. The van der Waals surface area contributed by atoms with Gasteiger partial charge >= 0.3 is 0 Å². The van der Waals surface area contributed by atoms with Gasteiger partial charge in [0.2, 0.25) is 5.91 Å². The number of hydrogen-bond donors (Lipinski definition) is 0. The summed E-state index contributed by atoms with van der Waals surface area (Å²) in [6.07, 6.45) is 4.17. The minimum atomic E-state index is -0.335. The van der Waals surface area contributed by atoms with E-state index in [0.29, 0.717) is 12.1 Å². The topological polar surface area (TPSA) is 20.3 Å². The van der Waals surface area contributed by atoms with Gasteiger partial charge in [0.25, 0.3) is 0 Å². The summed E-state index contributed by atoms with van der Waals surface area (Å²) in [5.74, 6) is 0.119. The van der Waals surface area contributed by atoms with Crippen LogP contribution in [0.5, 0.6) is 0 Å². The van der Waals surface area contributed by atoms with Crippen molar-refractivity contribution in [2.75, 3.05) is 0 Å². The van der Waals surface area contributed by atoms with Gasteiger partial charge in [-0.1, -0.05) is 6.92 Å². The zero-order valence-corrected chi connectivity index (χ0v) is 10.0. The summed E-state index contributed by atoms with van der Waals surface area (Å²) >= 11 is 5.99. The van der Waals surface area contributed by atoms with Crippen molar-refractivity contribution in [3.8, 4) is 0 Å². The van der Waals surface area contributed by atoms with E-state index in [-0.39, 0.29) is 11.3 Å². The SMILES string of the molecule is CC[C@H](Cl)C(=O)N1[C@H](C)CCC[C@H]1C. The first-order valence-electron chi connectivity index (χ1n) is 5.54. The van der Waals surface area contributed by atoms with E-state index in [0.717, 1.165) is 19.3 Å². The molecule has 0 saturated carbocycles. The summed E-state index contributed by atoms with van der Waals surface area (Å²) in [7, 11) is 0. The van der Waals surface area contributed by atoms with E-state index in [1.165, 1.54) is 6.42 Å². The lowest BCUT2D eigenvalue weighted by Gasteiger charge is -2.40. The third-order valence-corrected chi connectivity index (χ3v) is 3.57. The van der Waals surface area contributed by atoms with Crippen LogP contribution in [0.15, 0.2) is 0 Å². The van der Waals surface area contributed by atoms with Crippen molar-refractivity contribution in [2.45, 2.75) is 63.9 Å². The molecular weight excluding hydrogens is 198 g/mol. The minimum Gasteiger partial charge on any atom is -0.336 e. The number of amides is 1. The smallest absolute Gasteiger partial charge is 0.241 e. The molecule has 0 aromatic heterocycles. The predicted molar refractivity (Wildman–Crippen MR) is 59.6 cm³/mol. The van der Waals surface area contributed by atoms with Gasteiger partial charge in [0, 0.05) is 12.1 Å². The third-order valence-electron chi connectivity index (χ3n) is 3.07. The lowest BCUT2D eigenvalue weighted by Crippen LogP contribution is -2.50. The standard InChI is InChI=1S/C11H20ClNO/c1-4-10(12)11(14)13-8(2)6-5-7-9(13)3/h8-10H,4-7H2,1-3H3/t8-,9-,10+/m1/s1. The summed E-state index contributed by atoms with van der Waals surface area (Å²) in [6.45, 7) is 6.19. The molecule has 0 aromatic carbocycles. The Morgan fingerprint density at radius 1 is 1.43 bits per heavy atom. The van der Waals surface area contributed by atoms with Crippen LogP contribution in [0.3, 0.4) is 0 Å². The van der Waals surface area contributed by atoms with Crippen molar-refractivity contribution >= 4 is 17.5 Å². The van der Waals surface area contributed by atoms with E-state index in [1.807, 2.05) is 11.8 Å². The molecule has 0 unspecified atom stereocenters. The molecule has 1 aliphatic heterocycles. The van der Waals surface area contributed by atoms with Crippen LogP contribution in [0, 0.1) is 0 Å². The van der Waals surface area contributed by atoms with Crippen molar-refractivity contribution in [1.82, 2.24) is 4.90 Å². The zero-order valence-electron chi connectivity index (χ0n) is 9.29. The highest BCUT2D eigenvalue weighted by Gasteiger charge is 2.31. The number of hydrogen-bond acceptors (Lipinski definition) is 1. The average Bonchev–Trinajstić information content (AvgIpc) is 2.16. The molecule has 1 heterocycles. The van der Waals surface area contributed by atoms with E-state index in [1.54, 1.807) is 0 Å². The van der Waals surface area contributed by atoms with Crippen molar-refractivity contribution in [2.24, 2.45) is 0 Å². The van der Waals surface area contributed by atoms with Gasteiger partial charge in [0.05, 0.1) is 0 Å². The monoisotopic (exact) mass is 217 g/mol.